The highest BCUT2D eigenvalue weighted by molar-refractivity contribution is 5.97. The molecule has 488 valence electrons. The van der Waals surface area contributed by atoms with Crippen molar-refractivity contribution in [1.29, 1.82) is 0 Å². The largest absolute Gasteiger partial charge is 0.508 e. The average molecular weight is 1240 g/mol. The van der Waals surface area contributed by atoms with Gasteiger partial charge in [-0.1, -0.05) is 19.1 Å². The number of aryl methyl sites for hydroxylation is 1. The Labute approximate surface area is 514 Å². The maximum absolute atomic E-state index is 13.8. The molecule has 2 amide bonds. The predicted octanol–water partition coefficient (Wildman–Crippen LogP) is 5.57. The number of hydrogen-bond acceptors (Lipinski definition) is 21. The van der Waals surface area contributed by atoms with Gasteiger partial charge in [-0.2, -0.15) is 0 Å². The number of nitro benzene ring substituents is 1. The molecule has 0 radical (unpaired) electrons. The molecule has 0 aliphatic carbocycles. The van der Waals surface area contributed by atoms with E-state index in [1.165, 1.54) is 19.2 Å². The molecule has 0 saturated carbocycles. The summed E-state index contributed by atoms with van der Waals surface area (Å²) in [5.41, 5.74) is 12.6. The molecular formula is C62H91N7O19. The van der Waals surface area contributed by atoms with Gasteiger partial charge in [-0.3, -0.25) is 34.3 Å². The van der Waals surface area contributed by atoms with Crippen LogP contribution in [0.15, 0.2) is 74.9 Å². The summed E-state index contributed by atoms with van der Waals surface area (Å²) in [7, 11) is 1.36. The minimum Gasteiger partial charge on any atom is -0.508 e. The van der Waals surface area contributed by atoms with Crippen molar-refractivity contribution >= 4 is 51.7 Å². The Morgan fingerprint density at radius 2 is 1.27 bits per heavy atom. The number of rotatable bonds is 51. The molecule has 2 unspecified atom stereocenters. The number of nitrogens with one attached hydrogen (secondary N) is 2. The average Bonchev–Trinajstić information content (AvgIpc) is 2.88. The van der Waals surface area contributed by atoms with E-state index in [0.717, 1.165) is 24.3 Å². The molecule has 2 atom stereocenters. The number of aromatic hydroxyl groups is 1. The first-order valence-electron chi connectivity index (χ1n) is 30.0. The van der Waals surface area contributed by atoms with Crippen LogP contribution in [0.1, 0.15) is 99.5 Å². The number of phenolic OH excluding ortho intramolecular Hbond substituents is 1. The molecule has 0 bridgehead atoms. The number of fused-ring (bicyclic) bond motifs is 1. The molecule has 1 aromatic heterocycles. The van der Waals surface area contributed by atoms with E-state index in [4.69, 9.17) is 63.3 Å². The maximum Gasteiger partial charge on any atom is 0.349 e. The topological polar surface area (TPSA) is 346 Å². The molecule has 1 heterocycles. The first kappa shape index (κ1) is 73.2. The van der Waals surface area contributed by atoms with Gasteiger partial charge in [0, 0.05) is 74.6 Å². The fourth-order valence-corrected chi connectivity index (χ4v) is 8.94. The zero-order valence-electron chi connectivity index (χ0n) is 51.4. The second-order valence-corrected chi connectivity index (χ2v) is 20.2. The van der Waals surface area contributed by atoms with Gasteiger partial charge in [0.1, 0.15) is 22.7 Å². The molecule has 4 rings (SSSR count). The lowest BCUT2D eigenvalue weighted by atomic mass is 9.90. The van der Waals surface area contributed by atoms with Gasteiger partial charge < -0.3 is 83.9 Å². The Hall–Kier alpha value is -7.30. The van der Waals surface area contributed by atoms with Crippen LogP contribution in [0.3, 0.4) is 0 Å². The van der Waals surface area contributed by atoms with Gasteiger partial charge in [-0.15, -0.1) is 0 Å². The number of ketones is 2. The number of ether oxygens (including phenoxy) is 10. The zero-order chi connectivity index (χ0) is 63.7. The molecule has 7 N–H and O–H groups in total. The Bertz CT molecular complexity index is 2790. The minimum absolute atomic E-state index is 0.0366. The van der Waals surface area contributed by atoms with E-state index in [2.05, 4.69) is 34.4 Å². The number of phenols is 1. The quantitative estimate of drug-likeness (QED) is 0.00901. The number of hydrogen-bond donors (Lipinski definition) is 5. The zero-order valence-corrected chi connectivity index (χ0v) is 51.4. The van der Waals surface area contributed by atoms with Gasteiger partial charge in [0.05, 0.1) is 136 Å². The number of carbonyl (C=O) groups excluding carboxylic acids is 4. The van der Waals surface area contributed by atoms with Crippen molar-refractivity contribution in [2.24, 2.45) is 16.5 Å². The Morgan fingerprint density at radius 3 is 1.83 bits per heavy atom. The SMILES string of the molecule is CCN(CC)c1ccc2cc(C(=O)NCCOCCOCCOCCOCCOCCOCCOCCOCCC(=O)NC(CCCN=C(N)N)C(=O)CC(C)c3cc(OCCCC(=O)CCCc4ccc(O)cc4)c(OC)cc3[N+](=O)[O-])c(=O)oc2c1. The second kappa shape index (κ2) is 43.4. The molecule has 88 heavy (non-hydrogen) atoms. The van der Waals surface area contributed by atoms with Crippen LogP contribution in [0.25, 0.3) is 11.0 Å². The van der Waals surface area contributed by atoms with Gasteiger partial charge in [0.2, 0.25) is 5.91 Å². The summed E-state index contributed by atoms with van der Waals surface area (Å²) in [6.45, 7) is 13.3. The number of nitrogens with two attached hydrogens (primary N) is 2. The number of benzene rings is 3. The highest BCUT2D eigenvalue weighted by Gasteiger charge is 2.29. The van der Waals surface area contributed by atoms with Gasteiger partial charge in [0.15, 0.2) is 23.2 Å². The normalized spacial score (nSPS) is 11.9. The van der Waals surface area contributed by atoms with Gasteiger partial charge in [0.25, 0.3) is 11.6 Å². The summed E-state index contributed by atoms with van der Waals surface area (Å²) in [4.78, 5) is 82.4. The number of nitrogens with zero attached hydrogens (tertiary/aromatic N) is 3. The van der Waals surface area contributed by atoms with E-state index in [1.807, 2.05) is 30.3 Å². The lowest BCUT2D eigenvalue weighted by molar-refractivity contribution is -0.385. The van der Waals surface area contributed by atoms with E-state index >= 15 is 0 Å². The summed E-state index contributed by atoms with van der Waals surface area (Å²) in [5, 5.41) is 27.9. The third-order valence-corrected chi connectivity index (χ3v) is 13.6. The number of nitro groups is 1. The van der Waals surface area contributed by atoms with Crippen molar-refractivity contribution in [2.45, 2.75) is 90.5 Å². The third-order valence-electron chi connectivity index (χ3n) is 13.6. The van der Waals surface area contributed by atoms with E-state index in [0.29, 0.717) is 122 Å². The predicted molar refractivity (Wildman–Crippen MR) is 330 cm³/mol. The smallest absolute Gasteiger partial charge is 0.349 e. The van der Waals surface area contributed by atoms with Crippen molar-refractivity contribution < 1.29 is 81.0 Å². The molecule has 0 fully saturated rings. The van der Waals surface area contributed by atoms with Crippen molar-refractivity contribution in [1.82, 2.24) is 10.6 Å². The number of anilines is 1. The lowest BCUT2D eigenvalue weighted by Gasteiger charge is -2.21. The summed E-state index contributed by atoms with van der Waals surface area (Å²) in [6.07, 6.45) is 2.84. The van der Waals surface area contributed by atoms with Crippen molar-refractivity contribution in [2.75, 3.05) is 151 Å². The highest BCUT2D eigenvalue weighted by atomic mass is 16.6. The van der Waals surface area contributed by atoms with Crippen LogP contribution in [0.2, 0.25) is 0 Å². The first-order valence-corrected chi connectivity index (χ1v) is 30.0. The molecular weight excluding hydrogens is 1150 g/mol. The van der Waals surface area contributed by atoms with Crippen molar-refractivity contribution in [3.05, 3.63) is 97.9 Å². The number of amides is 2. The second-order valence-electron chi connectivity index (χ2n) is 20.2. The monoisotopic (exact) mass is 1240 g/mol. The van der Waals surface area contributed by atoms with Gasteiger partial charge >= 0.3 is 5.63 Å². The first-order chi connectivity index (χ1) is 42.6. The van der Waals surface area contributed by atoms with Crippen LogP contribution in [0.4, 0.5) is 11.4 Å². The Balaban J connectivity index is 0.979. The summed E-state index contributed by atoms with van der Waals surface area (Å²) >= 11 is 0. The van der Waals surface area contributed by atoms with E-state index < -0.39 is 34.3 Å². The summed E-state index contributed by atoms with van der Waals surface area (Å²) in [5.74, 6) is -1.47. The van der Waals surface area contributed by atoms with Crippen molar-refractivity contribution in [3.8, 4) is 17.2 Å². The molecule has 26 heteroatoms. The minimum atomic E-state index is -0.935. The van der Waals surface area contributed by atoms with E-state index in [-0.39, 0.29) is 123 Å². The van der Waals surface area contributed by atoms with E-state index in [1.54, 1.807) is 25.1 Å². The van der Waals surface area contributed by atoms with Crippen LogP contribution in [0, 0.1) is 10.1 Å². The number of carbonyl (C=O) groups is 4. The fourth-order valence-electron chi connectivity index (χ4n) is 8.94. The molecule has 0 aliphatic heterocycles. The lowest BCUT2D eigenvalue weighted by Crippen LogP contribution is -2.41. The highest BCUT2D eigenvalue weighted by Crippen LogP contribution is 2.39. The molecule has 0 spiro atoms. The molecule has 26 nitrogen and oxygen atoms in total. The van der Waals surface area contributed by atoms with Crippen LogP contribution in [0.5, 0.6) is 17.2 Å². The molecule has 0 saturated heterocycles. The summed E-state index contributed by atoms with van der Waals surface area (Å²) in [6, 6.07) is 15.8. The van der Waals surface area contributed by atoms with E-state index in [9.17, 15) is 39.2 Å². The molecule has 0 aliphatic rings. The number of methoxy groups -OCH3 is 1. The standard InChI is InChI=1S/C62H91N7O19/c1-5-68(6-2)48-17-16-47-41-52(61(75)88-56(47)42-48)60(74)65-22-25-80-27-29-82-31-33-84-35-37-86-39-38-85-36-34-83-32-30-81-28-26-79-24-20-59(73)67-53(13-8-21-66-62(63)64)55(72)40-45(3)51-43-58(57(78-4)44-54(51)69(76)77)87-23-9-12-49(70)11-7-10-46-14-18-50(71)19-15-46/h14-19,41-45,53,71H,5-13,20-40H2,1-4H3,(H,65,74)(H,67,73)(H4,63,64,66). The van der Waals surface area contributed by atoms with Crippen LogP contribution in [-0.4, -0.2) is 191 Å². The molecule has 4 aromatic rings. The number of aliphatic imine (C=N–C) groups is 1. The van der Waals surface area contributed by atoms with Crippen LogP contribution >= 0.6 is 0 Å². The fraction of sp³-hybridized carbons (Fsp3) is 0.581. The third kappa shape index (κ3) is 29.1. The van der Waals surface area contributed by atoms with Crippen LogP contribution in [-0.2, 0) is 58.7 Å². The van der Waals surface area contributed by atoms with Gasteiger partial charge in [-0.05, 0) is 93.8 Å². The number of guanidine groups is 1. The number of Topliss-reactive ketones (excluding diaryl/α,β-unsaturated/α-hetero) is 2. The Morgan fingerprint density at radius 1 is 0.705 bits per heavy atom. The maximum atomic E-state index is 13.8. The van der Waals surface area contributed by atoms with Crippen molar-refractivity contribution in [3.63, 3.8) is 0 Å². The molecule has 3 aromatic carbocycles. The summed E-state index contributed by atoms with van der Waals surface area (Å²) < 4.78 is 61.1. The Kier molecular flexibility index (Phi) is 36.1. The van der Waals surface area contributed by atoms with Crippen LogP contribution < -0.4 is 42.1 Å². The van der Waals surface area contributed by atoms with Gasteiger partial charge in [-0.25, -0.2) is 4.79 Å².